The molecule has 2 aliphatic carbocycles. The topological polar surface area (TPSA) is 0 Å². The Hall–Kier alpha value is -4.08. The third kappa shape index (κ3) is 4.35. The Morgan fingerprint density at radius 2 is 0.689 bits per heavy atom. The second kappa shape index (κ2) is 11.1. The van der Waals surface area contributed by atoms with E-state index in [9.17, 15) is 0 Å². The van der Waals surface area contributed by atoms with E-state index in [0.717, 1.165) is 0 Å². The van der Waals surface area contributed by atoms with Gasteiger partial charge in [-0.15, -0.1) is 0 Å². The summed E-state index contributed by atoms with van der Waals surface area (Å²) in [5.41, 5.74) is 5.87. The summed E-state index contributed by atoms with van der Waals surface area (Å²) < 4.78 is 0. The number of rotatable bonds is 6. The van der Waals surface area contributed by atoms with Gasteiger partial charge in [0.2, 0.25) is 0 Å². The summed E-state index contributed by atoms with van der Waals surface area (Å²) in [4.78, 5) is 0. The minimum Gasteiger partial charge on any atom is -0.0887 e. The van der Waals surface area contributed by atoms with E-state index >= 15 is 0 Å². The van der Waals surface area contributed by atoms with E-state index in [2.05, 4.69) is 158 Å². The molecule has 2 aliphatic rings. The van der Waals surface area contributed by atoms with Gasteiger partial charge in [-0.05, 0) is 92.8 Å². The minimum absolute atomic E-state index is 0.0348. The van der Waals surface area contributed by atoms with Crippen molar-refractivity contribution in [2.75, 3.05) is 0 Å². The number of hydrogen-bond donors (Lipinski definition) is 0. The molecule has 2 heteroatoms. The zero-order valence-electron chi connectivity index (χ0n) is 25.6. The first-order valence-corrected chi connectivity index (χ1v) is 20.0. The van der Waals surface area contributed by atoms with Crippen LogP contribution < -0.4 is 31.8 Å². The third-order valence-corrected chi connectivity index (χ3v) is 17.5. The average Bonchev–Trinajstić information content (AvgIpc) is 3.72. The van der Waals surface area contributed by atoms with Gasteiger partial charge in [-0.3, -0.25) is 0 Å². The van der Waals surface area contributed by atoms with Crippen LogP contribution in [0.5, 0.6) is 0 Å². The van der Waals surface area contributed by atoms with E-state index in [1.54, 1.807) is 0 Å². The molecule has 0 amide bonds. The zero-order valence-corrected chi connectivity index (χ0v) is 27.4. The lowest BCUT2D eigenvalue weighted by molar-refractivity contribution is 0.550. The molecular weight excluding hydrogens is 578 g/mol. The molecule has 1 fully saturated rings. The highest BCUT2D eigenvalue weighted by Crippen LogP contribution is 2.58. The van der Waals surface area contributed by atoms with Crippen LogP contribution >= 0.6 is 13.8 Å². The molecule has 0 aliphatic heterocycles. The summed E-state index contributed by atoms with van der Waals surface area (Å²) in [5.74, 6) is 0. The van der Waals surface area contributed by atoms with Crippen molar-refractivity contribution in [2.45, 2.75) is 31.1 Å². The van der Waals surface area contributed by atoms with Crippen LogP contribution in [0.2, 0.25) is 0 Å². The molecule has 0 bridgehead atoms. The Morgan fingerprint density at radius 1 is 0.378 bits per heavy atom. The second-order valence-electron chi connectivity index (χ2n) is 12.7. The number of benzene rings is 6. The molecule has 0 N–H and O–H groups in total. The highest BCUT2D eigenvalue weighted by atomic mass is 31.2. The summed E-state index contributed by atoms with van der Waals surface area (Å²) in [6, 6.07) is 58.7. The molecule has 0 atom stereocenters. The van der Waals surface area contributed by atoms with Crippen molar-refractivity contribution in [3.63, 3.8) is 0 Å². The third-order valence-electron chi connectivity index (χ3n) is 10.5. The summed E-state index contributed by atoms with van der Waals surface area (Å²) >= 11 is 0. The molecule has 1 saturated carbocycles. The summed E-state index contributed by atoms with van der Waals surface area (Å²) in [5, 5.41) is 8.04. The maximum Gasteiger partial charge on any atom is 0.0215 e. The van der Waals surface area contributed by atoms with Gasteiger partial charge >= 0.3 is 0 Å². The number of hydrogen-bond acceptors (Lipinski definition) is 0. The van der Waals surface area contributed by atoms with Gasteiger partial charge in [0.05, 0.1) is 0 Å². The molecule has 0 unspecified atom stereocenters. The van der Waals surface area contributed by atoms with E-state index in [0.29, 0.717) is 0 Å². The van der Waals surface area contributed by atoms with Gasteiger partial charge in [-0.1, -0.05) is 171 Å². The van der Waals surface area contributed by atoms with Crippen molar-refractivity contribution in [2.24, 2.45) is 0 Å². The predicted molar refractivity (Wildman–Crippen MR) is 203 cm³/mol. The van der Waals surface area contributed by atoms with Crippen LogP contribution in [-0.2, 0) is 5.41 Å². The molecular formula is C43H38P2. The molecule has 6 aromatic rings. The number of fused-ring (bicyclic) bond motifs is 5. The van der Waals surface area contributed by atoms with Crippen molar-refractivity contribution in [3.8, 4) is 11.1 Å². The van der Waals surface area contributed by atoms with Crippen LogP contribution in [-0.4, -0.2) is 12.6 Å². The van der Waals surface area contributed by atoms with Crippen molar-refractivity contribution in [3.05, 3.63) is 169 Å². The lowest BCUT2D eigenvalue weighted by Gasteiger charge is -2.32. The fraction of sp³-hybridized carbons (Fsp3) is 0.116. The summed E-state index contributed by atoms with van der Waals surface area (Å²) in [6.07, 6.45) is 15.1. The largest absolute Gasteiger partial charge is 0.0887 e. The maximum atomic E-state index is 5.09. The Morgan fingerprint density at radius 3 is 1.00 bits per heavy atom. The van der Waals surface area contributed by atoms with Gasteiger partial charge < -0.3 is 0 Å². The Kier molecular flexibility index (Phi) is 6.98. The smallest absolute Gasteiger partial charge is 0.0215 e. The Labute approximate surface area is 268 Å². The summed E-state index contributed by atoms with van der Waals surface area (Å²) in [6.45, 7) is -4.16. The molecule has 45 heavy (non-hydrogen) atoms. The first-order valence-electron chi connectivity index (χ1n) is 16.1. The molecule has 0 aromatic heterocycles. The molecule has 1 spiro atoms. The van der Waals surface area contributed by atoms with Gasteiger partial charge in [0.25, 0.3) is 0 Å². The fourth-order valence-corrected chi connectivity index (χ4v) is 14.0. The molecule has 0 heterocycles. The lowest BCUT2D eigenvalue weighted by Crippen LogP contribution is -2.29. The highest BCUT2D eigenvalue weighted by Gasteiger charge is 2.46. The van der Waals surface area contributed by atoms with E-state index in [1.807, 2.05) is 0 Å². The zero-order chi connectivity index (χ0) is 30.5. The average molecular weight is 617 g/mol. The van der Waals surface area contributed by atoms with E-state index in [4.69, 9.17) is 12.6 Å². The van der Waals surface area contributed by atoms with Crippen LogP contribution in [0.1, 0.15) is 36.8 Å². The van der Waals surface area contributed by atoms with Crippen LogP contribution in [0.25, 0.3) is 11.1 Å². The van der Waals surface area contributed by atoms with Gasteiger partial charge in [0.15, 0.2) is 0 Å². The Bertz CT molecular complexity index is 1850. The molecule has 220 valence electrons. The monoisotopic (exact) mass is 616 g/mol. The predicted octanol–water partition coefficient (Wildman–Crippen LogP) is 7.98. The minimum atomic E-state index is -2.08. The standard InChI is InChI=1S/C43H38P2/c1-44(33-17-7-3-8-18-33,34-19-9-4-10-20-34)37-25-27-39-40-28-26-38(32-42(40)43(41(39)31-37)29-15-16-30-43)45(2,35-21-11-5-12-22-35)36-23-13-6-14-24-36/h3-14,17-28,31-32H,1-2,15-16,29-30H2. The van der Waals surface area contributed by atoms with Crippen LogP contribution in [0, 0.1) is 0 Å². The van der Waals surface area contributed by atoms with Crippen molar-refractivity contribution in [1.82, 2.24) is 0 Å². The molecule has 8 rings (SSSR count). The second-order valence-corrected chi connectivity index (χ2v) is 19.0. The first kappa shape index (κ1) is 28.4. The van der Waals surface area contributed by atoms with Crippen LogP contribution in [0.4, 0.5) is 0 Å². The fourth-order valence-electron chi connectivity index (χ4n) is 8.09. The van der Waals surface area contributed by atoms with Gasteiger partial charge in [-0.25, -0.2) is 0 Å². The van der Waals surface area contributed by atoms with Crippen molar-refractivity contribution < 1.29 is 0 Å². The first-order chi connectivity index (χ1) is 22.0. The summed E-state index contributed by atoms with van der Waals surface area (Å²) in [7, 11) is 0. The molecule has 0 nitrogen and oxygen atoms in total. The van der Waals surface area contributed by atoms with Crippen LogP contribution in [0.15, 0.2) is 158 Å². The van der Waals surface area contributed by atoms with E-state index in [-0.39, 0.29) is 5.41 Å². The van der Waals surface area contributed by atoms with Gasteiger partial charge in [0.1, 0.15) is 0 Å². The molecule has 0 saturated heterocycles. The van der Waals surface area contributed by atoms with E-state index < -0.39 is 13.8 Å². The van der Waals surface area contributed by atoms with Gasteiger partial charge in [0, 0.05) is 5.41 Å². The Balaban J connectivity index is 1.33. The van der Waals surface area contributed by atoms with Crippen LogP contribution in [0.3, 0.4) is 0 Å². The lowest BCUT2D eigenvalue weighted by atomic mass is 9.77. The SMILES string of the molecule is C=P(c1ccccc1)(c1ccccc1)c1ccc2c(c1)C1(CCCC1)c1cc(P(=C)(c3ccccc3)c3ccccc3)ccc1-2. The van der Waals surface area contributed by atoms with Crippen molar-refractivity contribution in [1.29, 1.82) is 0 Å². The molecule has 6 aromatic carbocycles. The van der Waals surface area contributed by atoms with Gasteiger partial charge in [-0.2, -0.15) is 0 Å². The molecule has 0 radical (unpaired) electrons. The van der Waals surface area contributed by atoms with E-state index in [1.165, 1.54) is 79.8 Å². The normalized spacial score (nSPS) is 15.1. The maximum absolute atomic E-state index is 5.09. The quantitative estimate of drug-likeness (QED) is 0.167. The van der Waals surface area contributed by atoms with Crippen molar-refractivity contribution >= 4 is 58.2 Å². The highest BCUT2D eigenvalue weighted by molar-refractivity contribution is 7.93.